The Hall–Kier alpha value is -0.120. The van der Waals surface area contributed by atoms with Crippen LogP contribution in [-0.4, -0.2) is 37.1 Å². The molecule has 3 heteroatoms. The summed E-state index contributed by atoms with van der Waals surface area (Å²) in [5.74, 6) is 0. The van der Waals surface area contributed by atoms with Gasteiger partial charge in [-0.15, -0.1) is 0 Å². The summed E-state index contributed by atoms with van der Waals surface area (Å²) in [4.78, 5) is 0. The molecule has 15 heavy (non-hydrogen) atoms. The van der Waals surface area contributed by atoms with E-state index in [0.29, 0.717) is 12.2 Å². The Morgan fingerprint density at radius 2 is 2.07 bits per heavy atom. The number of methoxy groups -OCH3 is 1. The molecule has 0 amide bonds. The predicted molar refractivity (Wildman–Crippen MR) is 59.9 cm³/mol. The third kappa shape index (κ3) is 5.50. The Labute approximate surface area is 92.8 Å². The number of aliphatic hydroxyl groups excluding tert-OH is 1. The standard InChI is InChI=1S/C12H24O3/c1-10(13)5-4-8-15-12-7-3-6-11(9-12)14-2/h10-13H,3-9H2,1-2H3. The van der Waals surface area contributed by atoms with Crippen molar-refractivity contribution in [2.24, 2.45) is 0 Å². The third-order valence-corrected chi connectivity index (χ3v) is 3.03. The smallest absolute Gasteiger partial charge is 0.0599 e. The number of hydrogen-bond donors (Lipinski definition) is 1. The molecule has 0 spiro atoms. The zero-order valence-corrected chi connectivity index (χ0v) is 9.95. The average Bonchev–Trinajstić information content (AvgIpc) is 2.24. The zero-order chi connectivity index (χ0) is 11.1. The molecule has 0 saturated heterocycles. The molecule has 1 rings (SSSR count). The molecule has 1 aliphatic carbocycles. The molecule has 0 aliphatic heterocycles. The number of rotatable bonds is 6. The van der Waals surface area contributed by atoms with Gasteiger partial charge in [0.2, 0.25) is 0 Å². The van der Waals surface area contributed by atoms with E-state index in [1.165, 1.54) is 12.8 Å². The van der Waals surface area contributed by atoms with E-state index in [4.69, 9.17) is 14.6 Å². The predicted octanol–water partition coefficient (Wildman–Crippen LogP) is 2.12. The maximum atomic E-state index is 9.09. The largest absolute Gasteiger partial charge is 0.393 e. The summed E-state index contributed by atoms with van der Waals surface area (Å²) in [5.41, 5.74) is 0. The van der Waals surface area contributed by atoms with Crippen LogP contribution in [0.15, 0.2) is 0 Å². The highest BCUT2D eigenvalue weighted by Crippen LogP contribution is 2.23. The van der Waals surface area contributed by atoms with Gasteiger partial charge in [-0.2, -0.15) is 0 Å². The third-order valence-electron chi connectivity index (χ3n) is 3.03. The second-order valence-electron chi connectivity index (χ2n) is 4.51. The molecule has 1 N–H and O–H groups in total. The van der Waals surface area contributed by atoms with E-state index in [9.17, 15) is 0 Å². The highest BCUT2D eigenvalue weighted by atomic mass is 16.5. The molecular formula is C12H24O3. The van der Waals surface area contributed by atoms with E-state index in [0.717, 1.165) is 32.3 Å². The first-order chi connectivity index (χ1) is 7.22. The highest BCUT2D eigenvalue weighted by Gasteiger charge is 2.21. The van der Waals surface area contributed by atoms with Crippen LogP contribution in [0.25, 0.3) is 0 Å². The Kier molecular flexibility index (Phi) is 6.22. The van der Waals surface area contributed by atoms with Gasteiger partial charge in [-0.25, -0.2) is 0 Å². The van der Waals surface area contributed by atoms with Crippen LogP contribution in [-0.2, 0) is 9.47 Å². The van der Waals surface area contributed by atoms with Crippen LogP contribution in [0.2, 0.25) is 0 Å². The van der Waals surface area contributed by atoms with Gasteiger partial charge in [0.15, 0.2) is 0 Å². The molecule has 0 aromatic rings. The van der Waals surface area contributed by atoms with Crippen LogP contribution in [0, 0.1) is 0 Å². The fourth-order valence-electron chi connectivity index (χ4n) is 2.10. The molecule has 1 fully saturated rings. The summed E-state index contributed by atoms with van der Waals surface area (Å²) >= 11 is 0. The van der Waals surface area contributed by atoms with Crippen LogP contribution >= 0.6 is 0 Å². The zero-order valence-electron chi connectivity index (χ0n) is 9.95. The monoisotopic (exact) mass is 216 g/mol. The van der Waals surface area contributed by atoms with Crippen molar-refractivity contribution in [3.63, 3.8) is 0 Å². The Morgan fingerprint density at radius 1 is 1.33 bits per heavy atom. The molecule has 3 atom stereocenters. The molecule has 0 bridgehead atoms. The van der Waals surface area contributed by atoms with E-state index >= 15 is 0 Å². The van der Waals surface area contributed by atoms with Gasteiger partial charge in [0.05, 0.1) is 18.3 Å². The first-order valence-electron chi connectivity index (χ1n) is 6.05. The number of aliphatic hydroxyl groups is 1. The highest BCUT2D eigenvalue weighted by molar-refractivity contribution is 4.73. The minimum absolute atomic E-state index is 0.202. The van der Waals surface area contributed by atoms with Gasteiger partial charge in [0, 0.05) is 13.7 Å². The van der Waals surface area contributed by atoms with Crippen LogP contribution < -0.4 is 0 Å². The topological polar surface area (TPSA) is 38.7 Å². The first-order valence-corrected chi connectivity index (χ1v) is 6.05. The van der Waals surface area contributed by atoms with Crippen molar-refractivity contribution >= 4 is 0 Å². The Balaban J connectivity index is 2.05. The maximum absolute atomic E-state index is 9.09. The minimum atomic E-state index is -0.202. The van der Waals surface area contributed by atoms with Gasteiger partial charge < -0.3 is 14.6 Å². The van der Waals surface area contributed by atoms with Gasteiger partial charge in [-0.1, -0.05) is 0 Å². The van der Waals surface area contributed by atoms with Crippen molar-refractivity contribution in [3.05, 3.63) is 0 Å². The Morgan fingerprint density at radius 3 is 2.73 bits per heavy atom. The lowest BCUT2D eigenvalue weighted by Crippen LogP contribution is -2.27. The van der Waals surface area contributed by atoms with Crippen molar-refractivity contribution in [3.8, 4) is 0 Å². The molecule has 90 valence electrons. The van der Waals surface area contributed by atoms with Gasteiger partial charge >= 0.3 is 0 Å². The molecule has 0 radical (unpaired) electrons. The molecular weight excluding hydrogens is 192 g/mol. The molecule has 1 aliphatic rings. The van der Waals surface area contributed by atoms with Crippen LogP contribution in [0.3, 0.4) is 0 Å². The SMILES string of the molecule is COC1CCCC(OCCCC(C)O)C1. The summed E-state index contributed by atoms with van der Waals surface area (Å²) in [5, 5.41) is 9.09. The van der Waals surface area contributed by atoms with Crippen molar-refractivity contribution in [2.75, 3.05) is 13.7 Å². The van der Waals surface area contributed by atoms with Gasteiger partial charge in [0.25, 0.3) is 0 Å². The summed E-state index contributed by atoms with van der Waals surface area (Å²) in [6.45, 7) is 2.59. The minimum Gasteiger partial charge on any atom is -0.393 e. The fourth-order valence-corrected chi connectivity index (χ4v) is 2.10. The first kappa shape index (κ1) is 12.9. The molecule has 3 unspecified atom stereocenters. The van der Waals surface area contributed by atoms with E-state index in [1.54, 1.807) is 7.11 Å². The fraction of sp³-hybridized carbons (Fsp3) is 1.00. The Bertz CT molecular complexity index is 159. The van der Waals surface area contributed by atoms with Gasteiger partial charge in [-0.05, 0) is 45.4 Å². The normalized spacial score (nSPS) is 29.0. The van der Waals surface area contributed by atoms with Crippen molar-refractivity contribution in [1.82, 2.24) is 0 Å². The van der Waals surface area contributed by atoms with Crippen LogP contribution in [0.1, 0.15) is 45.4 Å². The second-order valence-corrected chi connectivity index (χ2v) is 4.51. The van der Waals surface area contributed by atoms with E-state index in [-0.39, 0.29) is 6.10 Å². The molecule has 1 saturated carbocycles. The molecule has 0 aromatic carbocycles. The lowest BCUT2D eigenvalue weighted by molar-refractivity contribution is -0.0318. The number of ether oxygens (including phenoxy) is 2. The average molecular weight is 216 g/mol. The summed E-state index contributed by atoms with van der Waals surface area (Å²) in [7, 11) is 1.78. The lowest BCUT2D eigenvalue weighted by Gasteiger charge is -2.28. The quantitative estimate of drug-likeness (QED) is 0.691. The lowest BCUT2D eigenvalue weighted by atomic mass is 9.95. The van der Waals surface area contributed by atoms with Crippen molar-refractivity contribution in [2.45, 2.75) is 63.8 Å². The maximum Gasteiger partial charge on any atom is 0.0599 e. The van der Waals surface area contributed by atoms with Gasteiger partial charge in [-0.3, -0.25) is 0 Å². The van der Waals surface area contributed by atoms with E-state index < -0.39 is 0 Å². The van der Waals surface area contributed by atoms with Crippen molar-refractivity contribution in [1.29, 1.82) is 0 Å². The van der Waals surface area contributed by atoms with Crippen LogP contribution in [0.4, 0.5) is 0 Å². The number of hydrogen-bond acceptors (Lipinski definition) is 3. The molecule has 0 aromatic heterocycles. The van der Waals surface area contributed by atoms with Gasteiger partial charge in [0.1, 0.15) is 0 Å². The van der Waals surface area contributed by atoms with E-state index in [2.05, 4.69) is 0 Å². The molecule has 3 nitrogen and oxygen atoms in total. The van der Waals surface area contributed by atoms with Crippen molar-refractivity contribution < 1.29 is 14.6 Å². The summed E-state index contributed by atoms with van der Waals surface area (Å²) in [6.07, 6.45) is 6.92. The summed E-state index contributed by atoms with van der Waals surface area (Å²) < 4.78 is 11.1. The van der Waals surface area contributed by atoms with E-state index in [1.807, 2.05) is 6.92 Å². The molecule has 0 heterocycles. The summed E-state index contributed by atoms with van der Waals surface area (Å²) in [6, 6.07) is 0. The van der Waals surface area contributed by atoms with Crippen LogP contribution in [0.5, 0.6) is 0 Å². The second kappa shape index (κ2) is 7.20.